The van der Waals surface area contributed by atoms with Crippen LogP contribution in [-0.2, 0) is 13.1 Å². The molecule has 0 fully saturated rings. The van der Waals surface area contributed by atoms with E-state index in [0.717, 1.165) is 18.7 Å². The summed E-state index contributed by atoms with van der Waals surface area (Å²) in [5.74, 6) is 0. The van der Waals surface area contributed by atoms with Gasteiger partial charge in [-0.15, -0.1) is 0 Å². The van der Waals surface area contributed by atoms with Crippen LogP contribution in [-0.4, -0.2) is 16.4 Å². The number of nitro benzene ring substituents is 1. The van der Waals surface area contributed by atoms with Crippen molar-refractivity contribution >= 4 is 17.3 Å². The summed E-state index contributed by atoms with van der Waals surface area (Å²) in [6.45, 7) is 4.41. The Kier molecular flexibility index (Phi) is 5.31. The molecule has 0 heterocycles. The lowest BCUT2D eigenvalue weighted by Gasteiger charge is -2.20. The summed E-state index contributed by atoms with van der Waals surface area (Å²) in [5.41, 5.74) is 2.08. The van der Waals surface area contributed by atoms with E-state index in [9.17, 15) is 10.1 Å². The van der Waals surface area contributed by atoms with Gasteiger partial charge in [0.1, 0.15) is 5.02 Å². The lowest BCUT2D eigenvalue weighted by molar-refractivity contribution is -0.384. The minimum absolute atomic E-state index is 0.0371. The van der Waals surface area contributed by atoms with Crippen molar-refractivity contribution in [2.24, 2.45) is 0 Å². The lowest BCUT2D eigenvalue weighted by atomic mass is 10.1. The average Bonchev–Trinajstić information content (AvgIpc) is 2.49. The first-order chi connectivity index (χ1) is 10.1. The molecule has 2 rings (SSSR count). The van der Waals surface area contributed by atoms with Crippen LogP contribution in [0.1, 0.15) is 18.1 Å². The summed E-state index contributed by atoms with van der Waals surface area (Å²) in [6, 6.07) is 15.1. The van der Waals surface area contributed by atoms with Crippen LogP contribution in [0.2, 0.25) is 5.02 Å². The molecule has 0 aromatic heterocycles. The fraction of sp³-hybridized carbons (Fsp3) is 0.250. The van der Waals surface area contributed by atoms with Crippen molar-refractivity contribution in [2.75, 3.05) is 6.54 Å². The molecule has 0 spiro atoms. The Morgan fingerprint density at radius 2 is 1.76 bits per heavy atom. The first-order valence-corrected chi connectivity index (χ1v) is 7.17. The maximum atomic E-state index is 10.9. The van der Waals surface area contributed by atoms with E-state index in [1.54, 1.807) is 12.1 Å². The Bertz CT molecular complexity index is 617. The highest BCUT2D eigenvalue weighted by Crippen LogP contribution is 2.25. The van der Waals surface area contributed by atoms with Gasteiger partial charge in [-0.2, -0.15) is 0 Å². The van der Waals surface area contributed by atoms with Gasteiger partial charge in [0.25, 0.3) is 5.69 Å². The molecule has 0 unspecified atom stereocenters. The Labute approximate surface area is 129 Å². The predicted molar refractivity (Wildman–Crippen MR) is 84.3 cm³/mol. The van der Waals surface area contributed by atoms with Crippen molar-refractivity contribution in [3.63, 3.8) is 0 Å². The third kappa shape index (κ3) is 4.28. The first kappa shape index (κ1) is 15.5. The molecule has 0 atom stereocenters. The van der Waals surface area contributed by atoms with E-state index in [-0.39, 0.29) is 10.7 Å². The van der Waals surface area contributed by atoms with Gasteiger partial charge in [-0.1, -0.05) is 54.9 Å². The molecule has 0 bridgehead atoms. The van der Waals surface area contributed by atoms with Gasteiger partial charge < -0.3 is 0 Å². The Morgan fingerprint density at radius 3 is 2.38 bits per heavy atom. The van der Waals surface area contributed by atoms with Crippen molar-refractivity contribution in [1.29, 1.82) is 0 Å². The van der Waals surface area contributed by atoms with Crippen LogP contribution in [0.3, 0.4) is 0 Å². The molecule has 2 aromatic carbocycles. The molecule has 0 aliphatic heterocycles. The van der Waals surface area contributed by atoms with Crippen LogP contribution in [0.15, 0.2) is 48.5 Å². The van der Waals surface area contributed by atoms with E-state index in [1.165, 1.54) is 5.56 Å². The smallest absolute Gasteiger partial charge is 0.288 e. The van der Waals surface area contributed by atoms with Gasteiger partial charge in [0, 0.05) is 19.2 Å². The van der Waals surface area contributed by atoms with E-state index in [0.29, 0.717) is 6.54 Å². The van der Waals surface area contributed by atoms with Gasteiger partial charge in [0.2, 0.25) is 0 Å². The molecule has 0 saturated heterocycles. The second-order valence-corrected chi connectivity index (χ2v) is 5.24. The number of nitro groups is 1. The summed E-state index contributed by atoms with van der Waals surface area (Å²) in [7, 11) is 0. The van der Waals surface area contributed by atoms with Crippen LogP contribution in [0.25, 0.3) is 0 Å². The molecule has 21 heavy (non-hydrogen) atoms. The fourth-order valence-electron chi connectivity index (χ4n) is 2.18. The number of benzene rings is 2. The fourth-order valence-corrected chi connectivity index (χ4v) is 2.36. The van der Waals surface area contributed by atoms with Crippen LogP contribution in [0.5, 0.6) is 0 Å². The quantitative estimate of drug-likeness (QED) is 0.591. The molecule has 0 radical (unpaired) electrons. The predicted octanol–water partition coefficient (Wildman–Crippen LogP) is 4.27. The molecule has 2 aromatic rings. The van der Waals surface area contributed by atoms with Crippen LogP contribution in [0.4, 0.5) is 5.69 Å². The van der Waals surface area contributed by atoms with Gasteiger partial charge in [0.05, 0.1) is 4.92 Å². The molecule has 5 heteroatoms. The van der Waals surface area contributed by atoms with Crippen molar-refractivity contribution in [2.45, 2.75) is 20.0 Å². The monoisotopic (exact) mass is 304 g/mol. The Morgan fingerprint density at radius 1 is 1.10 bits per heavy atom. The summed E-state index contributed by atoms with van der Waals surface area (Å²) in [4.78, 5) is 12.7. The van der Waals surface area contributed by atoms with E-state index in [1.807, 2.05) is 24.3 Å². The molecule has 0 amide bonds. The summed E-state index contributed by atoms with van der Waals surface area (Å²) in [5, 5.41) is 11.1. The third-order valence-electron chi connectivity index (χ3n) is 3.31. The van der Waals surface area contributed by atoms with Gasteiger partial charge in [-0.25, -0.2) is 0 Å². The zero-order valence-corrected chi connectivity index (χ0v) is 12.6. The Hall–Kier alpha value is -1.91. The summed E-state index contributed by atoms with van der Waals surface area (Å²) < 4.78 is 0. The van der Waals surface area contributed by atoms with E-state index < -0.39 is 4.92 Å². The number of hydrogen-bond donors (Lipinski definition) is 0. The summed E-state index contributed by atoms with van der Waals surface area (Å²) >= 11 is 5.84. The third-order valence-corrected chi connectivity index (χ3v) is 3.63. The molecule has 0 aliphatic rings. The van der Waals surface area contributed by atoms with Crippen LogP contribution < -0.4 is 0 Å². The molecule has 0 aliphatic carbocycles. The minimum atomic E-state index is -0.445. The zero-order valence-electron chi connectivity index (χ0n) is 11.8. The Balaban J connectivity index is 2.11. The van der Waals surface area contributed by atoms with Crippen LogP contribution >= 0.6 is 11.6 Å². The molecule has 110 valence electrons. The number of rotatable bonds is 6. The lowest BCUT2D eigenvalue weighted by Crippen LogP contribution is -2.22. The number of halogens is 1. The van der Waals surface area contributed by atoms with Crippen molar-refractivity contribution < 1.29 is 4.92 Å². The maximum Gasteiger partial charge on any atom is 0.288 e. The number of nitrogens with zero attached hydrogens (tertiary/aromatic N) is 2. The zero-order chi connectivity index (χ0) is 15.2. The van der Waals surface area contributed by atoms with E-state index >= 15 is 0 Å². The van der Waals surface area contributed by atoms with E-state index in [4.69, 9.17) is 11.6 Å². The van der Waals surface area contributed by atoms with Gasteiger partial charge in [-0.3, -0.25) is 15.0 Å². The average molecular weight is 305 g/mol. The van der Waals surface area contributed by atoms with Crippen molar-refractivity contribution in [1.82, 2.24) is 4.90 Å². The van der Waals surface area contributed by atoms with Gasteiger partial charge >= 0.3 is 0 Å². The highest BCUT2D eigenvalue weighted by molar-refractivity contribution is 6.32. The molecule has 4 nitrogen and oxygen atoms in total. The second-order valence-electron chi connectivity index (χ2n) is 4.83. The molecule has 0 N–H and O–H groups in total. The molecular weight excluding hydrogens is 288 g/mol. The normalized spacial score (nSPS) is 10.8. The molecule has 0 saturated carbocycles. The van der Waals surface area contributed by atoms with Gasteiger partial charge in [-0.05, 0) is 23.7 Å². The second kappa shape index (κ2) is 7.20. The van der Waals surface area contributed by atoms with Crippen LogP contribution in [0, 0.1) is 10.1 Å². The highest BCUT2D eigenvalue weighted by atomic mass is 35.5. The van der Waals surface area contributed by atoms with E-state index in [2.05, 4.69) is 24.0 Å². The van der Waals surface area contributed by atoms with Crippen molar-refractivity contribution in [3.8, 4) is 0 Å². The summed E-state index contributed by atoms with van der Waals surface area (Å²) in [6.07, 6.45) is 0. The SMILES string of the molecule is CCN(Cc1ccccc1)Cc1ccc(Cl)c([N+](=O)[O-])c1. The number of hydrogen-bond acceptors (Lipinski definition) is 3. The highest BCUT2D eigenvalue weighted by Gasteiger charge is 2.14. The molecular formula is C16H17ClN2O2. The standard InChI is InChI=1S/C16H17ClN2O2/c1-2-18(11-13-6-4-3-5-7-13)12-14-8-9-15(17)16(10-14)19(20)21/h3-10H,2,11-12H2,1H3. The largest absolute Gasteiger partial charge is 0.295 e. The minimum Gasteiger partial charge on any atom is -0.295 e. The van der Waals surface area contributed by atoms with Gasteiger partial charge in [0.15, 0.2) is 0 Å². The topological polar surface area (TPSA) is 46.4 Å². The first-order valence-electron chi connectivity index (χ1n) is 6.79. The maximum absolute atomic E-state index is 10.9. The van der Waals surface area contributed by atoms with Crippen molar-refractivity contribution in [3.05, 3.63) is 74.8 Å².